The van der Waals surface area contributed by atoms with E-state index in [1.54, 1.807) is 7.11 Å². The van der Waals surface area contributed by atoms with Gasteiger partial charge in [-0.05, 0) is 36.6 Å². The van der Waals surface area contributed by atoms with Crippen molar-refractivity contribution in [1.29, 1.82) is 0 Å². The van der Waals surface area contributed by atoms with E-state index >= 15 is 0 Å². The molecular formula is C17H25N3O3. The summed E-state index contributed by atoms with van der Waals surface area (Å²) < 4.78 is 10.5. The molecule has 2 fully saturated rings. The minimum atomic E-state index is 0.0381. The predicted molar refractivity (Wildman–Crippen MR) is 89.1 cm³/mol. The number of rotatable bonds is 4. The lowest BCUT2D eigenvalue weighted by molar-refractivity contribution is 0.0530. The SMILES string of the molecule is COc1ccc(N2CCC(CNC(=O)N3CCOCC3)C2)cc1. The maximum atomic E-state index is 12.1. The number of carbonyl (C=O) groups excluding carboxylic acids is 1. The first-order chi connectivity index (χ1) is 11.3. The highest BCUT2D eigenvalue weighted by atomic mass is 16.5. The molecule has 2 amide bonds. The van der Waals surface area contributed by atoms with Crippen molar-refractivity contribution in [1.82, 2.24) is 10.2 Å². The summed E-state index contributed by atoms with van der Waals surface area (Å²) >= 11 is 0. The molecule has 1 unspecified atom stereocenters. The van der Waals surface area contributed by atoms with E-state index in [1.165, 1.54) is 5.69 Å². The lowest BCUT2D eigenvalue weighted by Gasteiger charge is -2.27. The molecule has 1 atom stereocenters. The number of hydrogen-bond donors (Lipinski definition) is 1. The Morgan fingerprint density at radius 3 is 2.70 bits per heavy atom. The van der Waals surface area contributed by atoms with E-state index in [2.05, 4.69) is 22.3 Å². The standard InChI is InChI=1S/C17H25N3O3/c1-22-16-4-2-15(3-5-16)20-7-6-14(13-20)12-18-17(21)19-8-10-23-11-9-19/h2-5,14H,6-13H2,1H3,(H,18,21). The first-order valence-electron chi connectivity index (χ1n) is 8.26. The van der Waals surface area contributed by atoms with E-state index in [0.717, 1.165) is 31.8 Å². The fourth-order valence-electron chi connectivity index (χ4n) is 3.14. The first-order valence-corrected chi connectivity index (χ1v) is 8.26. The summed E-state index contributed by atoms with van der Waals surface area (Å²) in [5.74, 6) is 1.38. The molecule has 1 N–H and O–H groups in total. The minimum absolute atomic E-state index is 0.0381. The van der Waals surface area contributed by atoms with Gasteiger partial charge in [0.05, 0.1) is 20.3 Å². The molecular weight excluding hydrogens is 294 g/mol. The van der Waals surface area contributed by atoms with Gasteiger partial charge in [0.15, 0.2) is 0 Å². The smallest absolute Gasteiger partial charge is 0.317 e. The van der Waals surface area contributed by atoms with Crippen molar-refractivity contribution in [2.24, 2.45) is 5.92 Å². The molecule has 2 aliphatic heterocycles. The van der Waals surface area contributed by atoms with Crippen LogP contribution in [0.2, 0.25) is 0 Å². The van der Waals surface area contributed by atoms with Crippen LogP contribution >= 0.6 is 0 Å². The molecule has 1 aromatic rings. The zero-order chi connectivity index (χ0) is 16.1. The molecule has 0 spiro atoms. The molecule has 23 heavy (non-hydrogen) atoms. The number of carbonyl (C=O) groups is 1. The molecule has 6 heteroatoms. The Hall–Kier alpha value is -1.95. The van der Waals surface area contributed by atoms with Gasteiger partial charge in [-0.15, -0.1) is 0 Å². The quantitative estimate of drug-likeness (QED) is 0.915. The molecule has 0 aliphatic carbocycles. The lowest BCUT2D eigenvalue weighted by atomic mass is 10.1. The van der Waals surface area contributed by atoms with Crippen LogP contribution in [0.15, 0.2) is 24.3 Å². The summed E-state index contributed by atoms with van der Waals surface area (Å²) in [5, 5.41) is 3.07. The molecule has 0 saturated carbocycles. The summed E-state index contributed by atoms with van der Waals surface area (Å²) in [6.45, 7) is 5.41. The third-order valence-corrected chi connectivity index (χ3v) is 4.56. The van der Waals surface area contributed by atoms with Gasteiger partial charge in [-0.3, -0.25) is 0 Å². The maximum Gasteiger partial charge on any atom is 0.317 e. The fourth-order valence-corrected chi connectivity index (χ4v) is 3.14. The topological polar surface area (TPSA) is 54.0 Å². The van der Waals surface area contributed by atoms with E-state index in [9.17, 15) is 4.79 Å². The molecule has 2 saturated heterocycles. The molecule has 0 aromatic heterocycles. The number of anilines is 1. The zero-order valence-electron chi connectivity index (χ0n) is 13.7. The Bertz CT molecular complexity index is 514. The van der Waals surface area contributed by atoms with Crippen molar-refractivity contribution >= 4 is 11.7 Å². The van der Waals surface area contributed by atoms with Crippen molar-refractivity contribution in [3.05, 3.63) is 24.3 Å². The zero-order valence-corrected chi connectivity index (χ0v) is 13.7. The van der Waals surface area contributed by atoms with E-state index in [4.69, 9.17) is 9.47 Å². The summed E-state index contributed by atoms with van der Waals surface area (Å²) in [7, 11) is 1.68. The second-order valence-corrected chi connectivity index (χ2v) is 6.08. The van der Waals surface area contributed by atoms with Gasteiger partial charge in [0, 0.05) is 38.4 Å². The molecule has 6 nitrogen and oxygen atoms in total. The molecule has 2 aliphatic rings. The number of ether oxygens (including phenoxy) is 2. The molecule has 3 rings (SSSR count). The number of nitrogens with one attached hydrogen (secondary N) is 1. The Morgan fingerprint density at radius 1 is 1.26 bits per heavy atom. The van der Waals surface area contributed by atoms with Crippen LogP contribution < -0.4 is 15.0 Å². The number of amides is 2. The molecule has 1 aromatic carbocycles. The van der Waals surface area contributed by atoms with Crippen LogP contribution in [0, 0.1) is 5.92 Å². The highest BCUT2D eigenvalue weighted by Gasteiger charge is 2.24. The van der Waals surface area contributed by atoms with Gasteiger partial charge in [0.25, 0.3) is 0 Å². The van der Waals surface area contributed by atoms with Crippen LogP contribution in [0.1, 0.15) is 6.42 Å². The van der Waals surface area contributed by atoms with E-state index in [1.807, 2.05) is 17.0 Å². The monoisotopic (exact) mass is 319 g/mol. The van der Waals surface area contributed by atoms with Crippen molar-refractivity contribution in [2.75, 3.05) is 57.9 Å². The van der Waals surface area contributed by atoms with Crippen LogP contribution in [0.5, 0.6) is 5.75 Å². The molecule has 0 bridgehead atoms. The molecule has 2 heterocycles. The van der Waals surface area contributed by atoms with Gasteiger partial charge in [-0.2, -0.15) is 0 Å². The minimum Gasteiger partial charge on any atom is -0.497 e. The number of morpholine rings is 1. The van der Waals surface area contributed by atoms with Crippen molar-refractivity contribution < 1.29 is 14.3 Å². The number of methoxy groups -OCH3 is 1. The van der Waals surface area contributed by atoms with Crippen molar-refractivity contribution in [3.63, 3.8) is 0 Å². The van der Waals surface area contributed by atoms with Crippen LogP contribution in [0.3, 0.4) is 0 Å². The number of benzene rings is 1. The summed E-state index contributed by atoms with van der Waals surface area (Å²) in [4.78, 5) is 16.3. The van der Waals surface area contributed by atoms with E-state index < -0.39 is 0 Å². The van der Waals surface area contributed by atoms with E-state index in [0.29, 0.717) is 32.2 Å². The number of nitrogens with zero attached hydrogens (tertiary/aromatic N) is 2. The second-order valence-electron chi connectivity index (χ2n) is 6.08. The van der Waals surface area contributed by atoms with Crippen LogP contribution in [-0.2, 0) is 4.74 Å². The van der Waals surface area contributed by atoms with Crippen molar-refractivity contribution in [3.8, 4) is 5.75 Å². The third kappa shape index (κ3) is 4.07. The summed E-state index contributed by atoms with van der Waals surface area (Å²) in [6.07, 6.45) is 1.11. The predicted octanol–water partition coefficient (Wildman–Crippen LogP) is 1.56. The van der Waals surface area contributed by atoms with Crippen LogP contribution in [0.4, 0.5) is 10.5 Å². The Kier molecular flexibility index (Phi) is 5.23. The van der Waals surface area contributed by atoms with Crippen LogP contribution in [-0.4, -0.2) is 64.0 Å². The largest absolute Gasteiger partial charge is 0.497 e. The highest BCUT2D eigenvalue weighted by molar-refractivity contribution is 5.74. The number of urea groups is 1. The van der Waals surface area contributed by atoms with Gasteiger partial charge < -0.3 is 24.6 Å². The van der Waals surface area contributed by atoms with Gasteiger partial charge in [-0.1, -0.05) is 0 Å². The highest BCUT2D eigenvalue weighted by Crippen LogP contribution is 2.25. The average Bonchev–Trinajstić information content (AvgIpc) is 3.09. The first kappa shape index (κ1) is 15.9. The summed E-state index contributed by atoms with van der Waals surface area (Å²) in [5.41, 5.74) is 1.22. The van der Waals surface area contributed by atoms with Gasteiger partial charge >= 0.3 is 6.03 Å². The van der Waals surface area contributed by atoms with Gasteiger partial charge in [-0.25, -0.2) is 4.79 Å². The molecule has 0 radical (unpaired) electrons. The Labute approximate surface area is 137 Å². The van der Waals surface area contributed by atoms with E-state index in [-0.39, 0.29) is 6.03 Å². The summed E-state index contributed by atoms with van der Waals surface area (Å²) in [6, 6.07) is 8.20. The Morgan fingerprint density at radius 2 is 2.00 bits per heavy atom. The lowest BCUT2D eigenvalue weighted by Crippen LogP contribution is -2.47. The fraction of sp³-hybridized carbons (Fsp3) is 0.588. The third-order valence-electron chi connectivity index (χ3n) is 4.56. The second kappa shape index (κ2) is 7.55. The maximum absolute atomic E-state index is 12.1. The normalized spacial score (nSPS) is 21.3. The Balaban J connectivity index is 1.44. The number of hydrogen-bond acceptors (Lipinski definition) is 4. The van der Waals surface area contributed by atoms with Gasteiger partial charge in [0.1, 0.15) is 5.75 Å². The average molecular weight is 319 g/mol. The van der Waals surface area contributed by atoms with Crippen LogP contribution in [0.25, 0.3) is 0 Å². The van der Waals surface area contributed by atoms with Crippen molar-refractivity contribution in [2.45, 2.75) is 6.42 Å². The van der Waals surface area contributed by atoms with Gasteiger partial charge in [0.2, 0.25) is 0 Å². The molecule has 126 valence electrons.